The lowest BCUT2D eigenvalue weighted by atomic mass is 10.1. The number of anilines is 1. The highest BCUT2D eigenvalue weighted by Gasteiger charge is 2.32. The summed E-state index contributed by atoms with van der Waals surface area (Å²) in [6, 6.07) is 13.0. The Labute approximate surface area is 173 Å². The normalized spacial score (nSPS) is 15.4. The van der Waals surface area contributed by atoms with E-state index < -0.39 is 20.9 Å². The topological polar surface area (TPSA) is 59.5 Å². The van der Waals surface area contributed by atoms with Gasteiger partial charge < -0.3 is 9.64 Å². The van der Waals surface area contributed by atoms with Crippen LogP contribution in [0.4, 0.5) is 9.52 Å². The predicted molar refractivity (Wildman–Crippen MR) is 113 cm³/mol. The fourth-order valence-electron chi connectivity index (χ4n) is 3.52. The summed E-state index contributed by atoms with van der Waals surface area (Å²) in [6.45, 7) is 1.20. The molecule has 0 spiro atoms. The Bertz CT molecular complexity index is 1110. The maximum absolute atomic E-state index is 13.5. The van der Waals surface area contributed by atoms with Gasteiger partial charge in [0, 0.05) is 24.0 Å². The van der Waals surface area contributed by atoms with Gasteiger partial charge in [0.25, 0.3) is 0 Å². The van der Waals surface area contributed by atoms with Crippen molar-refractivity contribution in [2.75, 3.05) is 25.1 Å². The number of rotatable bonds is 5. The maximum atomic E-state index is 13.5. The van der Waals surface area contributed by atoms with E-state index in [4.69, 9.17) is 9.72 Å². The summed E-state index contributed by atoms with van der Waals surface area (Å²) in [4.78, 5) is 6.90. The fourth-order valence-corrected chi connectivity index (χ4v) is 6.17. The molecule has 4 rings (SSSR count). The minimum atomic E-state index is -3.53. The van der Waals surface area contributed by atoms with Gasteiger partial charge >= 0.3 is 0 Å². The van der Waals surface area contributed by atoms with Gasteiger partial charge in [0.1, 0.15) is 11.6 Å². The summed E-state index contributed by atoms with van der Waals surface area (Å²) >= 11 is 1.55. The van der Waals surface area contributed by atoms with Crippen LogP contribution in [0.1, 0.15) is 12.8 Å². The third-order valence-electron chi connectivity index (χ3n) is 5.13. The van der Waals surface area contributed by atoms with Crippen molar-refractivity contribution in [2.45, 2.75) is 23.0 Å². The molecule has 0 bridgehead atoms. The molecule has 1 saturated heterocycles. The highest BCUT2D eigenvalue weighted by atomic mass is 32.2. The van der Waals surface area contributed by atoms with Gasteiger partial charge in [0.2, 0.25) is 0 Å². The van der Waals surface area contributed by atoms with Gasteiger partial charge in [-0.1, -0.05) is 18.2 Å². The molecule has 1 aromatic heterocycles. The maximum Gasteiger partial charge on any atom is 0.185 e. The van der Waals surface area contributed by atoms with Crippen molar-refractivity contribution in [3.05, 3.63) is 59.7 Å². The van der Waals surface area contributed by atoms with Crippen molar-refractivity contribution in [3.8, 4) is 17.0 Å². The molecule has 1 aliphatic rings. The van der Waals surface area contributed by atoms with Crippen molar-refractivity contribution in [2.24, 2.45) is 0 Å². The summed E-state index contributed by atoms with van der Waals surface area (Å²) in [5, 5.41) is 2.38. The van der Waals surface area contributed by atoms with Crippen LogP contribution in [0.2, 0.25) is 0 Å². The van der Waals surface area contributed by atoms with E-state index in [0.717, 1.165) is 28.2 Å². The Morgan fingerprint density at radius 3 is 2.62 bits per heavy atom. The summed E-state index contributed by atoms with van der Waals surface area (Å²) in [5.74, 6) is 0.247. The van der Waals surface area contributed by atoms with Gasteiger partial charge in [-0.25, -0.2) is 17.8 Å². The minimum absolute atomic E-state index is 0.0607. The molecule has 29 heavy (non-hydrogen) atoms. The highest BCUT2D eigenvalue weighted by molar-refractivity contribution is 7.92. The summed E-state index contributed by atoms with van der Waals surface area (Å²) in [6.07, 6.45) is 0.986. The van der Waals surface area contributed by atoms with Crippen LogP contribution in [0.3, 0.4) is 0 Å². The lowest BCUT2D eigenvalue weighted by Gasteiger charge is -2.31. The number of benzene rings is 2. The molecule has 1 aliphatic heterocycles. The number of aromatic nitrogens is 1. The Balaban J connectivity index is 1.46. The molecule has 2 aromatic carbocycles. The Morgan fingerprint density at radius 1 is 1.14 bits per heavy atom. The van der Waals surface area contributed by atoms with Crippen LogP contribution in [-0.4, -0.2) is 38.9 Å². The molecular formula is C21H21FN2O3S2. The first-order valence-electron chi connectivity index (χ1n) is 9.32. The lowest BCUT2D eigenvalue weighted by molar-refractivity contribution is 0.415. The quantitative estimate of drug-likeness (QED) is 0.598. The van der Waals surface area contributed by atoms with Gasteiger partial charge in [-0.15, -0.1) is 11.3 Å². The third-order valence-corrected chi connectivity index (χ3v) is 8.30. The smallest absolute Gasteiger partial charge is 0.185 e. The number of sulfone groups is 1. The van der Waals surface area contributed by atoms with Gasteiger partial charge in [-0.05, 0) is 43.2 Å². The van der Waals surface area contributed by atoms with E-state index in [9.17, 15) is 12.8 Å². The van der Waals surface area contributed by atoms with E-state index in [0.29, 0.717) is 25.9 Å². The predicted octanol–water partition coefficient (Wildman–Crippen LogP) is 4.40. The molecule has 5 nitrogen and oxygen atoms in total. The molecule has 0 aliphatic carbocycles. The van der Waals surface area contributed by atoms with Crippen LogP contribution in [-0.2, 0) is 9.84 Å². The average Bonchev–Trinajstić information content (AvgIpc) is 3.24. The zero-order valence-electron chi connectivity index (χ0n) is 15.9. The van der Waals surface area contributed by atoms with Gasteiger partial charge in [0.15, 0.2) is 15.0 Å². The fraction of sp³-hybridized carbons (Fsp3) is 0.286. The summed E-state index contributed by atoms with van der Waals surface area (Å²) < 4.78 is 44.4. The number of halogens is 1. The van der Waals surface area contributed by atoms with E-state index in [1.807, 2.05) is 29.6 Å². The van der Waals surface area contributed by atoms with Crippen LogP contribution in [0.25, 0.3) is 11.3 Å². The standard InChI is InChI=1S/C21H21FN2O3S2/c1-27-17-6-2-4-15(12-17)20-14-28-21(23-20)24-10-8-18(9-11-24)29(25,26)19-7-3-5-16(22)13-19/h2-7,12-14,18H,8-11H2,1H3. The SMILES string of the molecule is COc1cccc(-c2csc(N3CCC(S(=O)(=O)c4cccc(F)c4)CC3)n2)c1. The lowest BCUT2D eigenvalue weighted by Crippen LogP contribution is -2.39. The second-order valence-corrected chi connectivity index (χ2v) is 10.0. The Morgan fingerprint density at radius 2 is 1.90 bits per heavy atom. The van der Waals surface area contributed by atoms with Gasteiger partial charge in [0.05, 0.1) is 22.9 Å². The summed E-state index contributed by atoms with van der Waals surface area (Å²) in [5.41, 5.74) is 1.86. The van der Waals surface area contributed by atoms with Crippen LogP contribution >= 0.6 is 11.3 Å². The van der Waals surface area contributed by atoms with E-state index in [1.165, 1.54) is 18.2 Å². The molecule has 0 amide bonds. The van der Waals surface area contributed by atoms with Crippen LogP contribution < -0.4 is 9.64 Å². The Hall–Kier alpha value is -2.45. The third kappa shape index (κ3) is 4.13. The number of piperidine rings is 1. The van der Waals surface area contributed by atoms with Gasteiger partial charge in [-0.3, -0.25) is 0 Å². The molecule has 152 valence electrons. The number of hydrogen-bond acceptors (Lipinski definition) is 6. The van der Waals surface area contributed by atoms with E-state index in [2.05, 4.69) is 4.90 Å². The van der Waals surface area contributed by atoms with Crippen LogP contribution in [0.5, 0.6) is 5.75 Å². The van der Waals surface area contributed by atoms with Crippen molar-refractivity contribution in [1.82, 2.24) is 4.98 Å². The molecular weight excluding hydrogens is 411 g/mol. The summed E-state index contributed by atoms with van der Waals surface area (Å²) in [7, 11) is -1.90. The molecule has 0 radical (unpaired) electrons. The van der Waals surface area contributed by atoms with Crippen molar-refractivity contribution in [3.63, 3.8) is 0 Å². The zero-order chi connectivity index (χ0) is 20.4. The number of methoxy groups -OCH3 is 1. The second-order valence-electron chi connectivity index (χ2n) is 6.94. The largest absolute Gasteiger partial charge is 0.497 e. The minimum Gasteiger partial charge on any atom is -0.497 e. The molecule has 1 fully saturated rings. The zero-order valence-corrected chi connectivity index (χ0v) is 17.5. The highest BCUT2D eigenvalue weighted by Crippen LogP contribution is 2.32. The first-order chi connectivity index (χ1) is 14.0. The first-order valence-corrected chi connectivity index (χ1v) is 11.7. The van der Waals surface area contributed by atoms with Crippen molar-refractivity contribution >= 4 is 26.3 Å². The molecule has 0 atom stereocenters. The van der Waals surface area contributed by atoms with Crippen LogP contribution in [0, 0.1) is 5.82 Å². The molecule has 0 saturated carbocycles. The number of thiazole rings is 1. The number of hydrogen-bond donors (Lipinski definition) is 0. The van der Waals surface area contributed by atoms with E-state index in [1.54, 1.807) is 18.4 Å². The molecule has 3 aromatic rings. The van der Waals surface area contributed by atoms with Crippen molar-refractivity contribution in [1.29, 1.82) is 0 Å². The second kappa shape index (κ2) is 8.12. The van der Waals surface area contributed by atoms with Crippen LogP contribution in [0.15, 0.2) is 58.8 Å². The first kappa shape index (κ1) is 19.8. The van der Waals surface area contributed by atoms with E-state index >= 15 is 0 Å². The molecule has 0 unspecified atom stereocenters. The average molecular weight is 433 g/mol. The van der Waals surface area contributed by atoms with E-state index in [-0.39, 0.29) is 4.90 Å². The Kier molecular flexibility index (Phi) is 5.56. The molecule has 0 N–H and O–H groups in total. The number of nitrogens with zero attached hydrogens (tertiary/aromatic N) is 2. The molecule has 2 heterocycles. The van der Waals surface area contributed by atoms with Gasteiger partial charge in [-0.2, -0.15) is 0 Å². The monoisotopic (exact) mass is 432 g/mol. The number of ether oxygens (including phenoxy) is 1. The molecule has 8 heteroatoms. The van der Waals surface area contributed by atoms with Crippen molar-refractivity contribution < 1.29 is 17.5 Å².